The third kappa shape index (κ3) is 2.47. The Morgan fingerprint density at radius 2 is 1.57 bits per heavy atom. The molecule has 0 saturated heterocycles. The fourth-order valence-corrected chi connectivity index (χ4v) is 1.21. The number of rotatable bonds is 0. The summed E-state index contributed by atoms with van der Waals surface area (Å²) in [5.41, 5.74) is 0. The molecule has 0 unspecified atom stereocenters. The van der Waals surface area contributed by atoms with Crippen molar-refractivity contribution >= 4 is 10.8 Å². The third-order valence-electron chi connectivity index (χ3n) is 1.77. The van der Waals surface area contributed by atoms with Crippen molar-refractivity contribution in [1.82, 2.24) is 0 Å². The van der Waals surface area contributed by atoms with Crippen LogP contribution < -0.4 is 0 Å². The molecule has 0 saturated carbocycles. The molecule has 0 aliphatic heterocycles. The van der Waals surface area contributed by atoms with E-state index in [9.17, 15) is 5.11 Å². The van der Waals surface area contributed by atoms with Gasteiger partial charge < -0.3 is 10.2 Å². The highest BCUT2D eigenvalue weighted by Gasteiger charge is 1.94. The van der Waals surface area contributed by atoms with Crippen LogP contribution in [0.1, 0.15) is 6.92 Å². The van der Waals surface area contributed by atoms with Crippen molar-refractivity contribution in [3.8, 4) is 5.75 Å². The number of phenolic OH excluding ortho intramolecular Hbond substituents is 1. The van der Waals surface area contributed by atoms with Gasteiger partial charge in [-0.3, -0.25) is 0 Å². The topological polar surface area (TPSA) is 40.5 Å². The minimum Gasteiger partial charge on any atom is -0.507 e. The summed E-state index contributed by atoms with van der Waals surface area (Å²) in [5.74, 6) is 0.350. The monoisotopic (exact) mass is 190 g/mol. The Morgan fingerprint density at radius 1 is 1.00 bits per heavy atom. The molecule has 0 radical (unpaired) electrons. The minimum absolute atomic E-state index is 0.250. The van der Waals surface area contributed by atoms with E-state index in [1.807, 2.05) is 36.4 Å². The van der Waals surface area contributed by atoms with Crippen molar-refractivity contribution in [2.24, 2.45) is 0 Å². The lowest BCUT2D eigenvalue weighted by Crippen LogP contribution is -1.70. The van der Waals surface area contributed by atoms with Gasteiger partial charge in [-0.15, -0.1) is 0 Å². The van der Waals surface area contributed by atoms with Crippen LogP contribution >= 0.6 is 0 Å². The summed E-state index contributed by atoms with van der Waals surface area (Å²) >= 11 is 0. The molecule has 0 spiro atoms. The fourth-order valence-electron chi connectivity index (χ4n) is 1.21. The van der Waals surface area contributed by atoms with E-state index < -0.39 is 0 Å². The summed E-state index contributed by atoms with van der Waals surface area (Å²) in [7, 11) is 0. The molecule has 0 aliphatic carbocycles. The Labute approximate surface area is 83.4 Å². The number of aliphatic hydroxyl groups is 1. The van der Waals surface area contributed by atoms with Crippen LogP contribution in [0.15, 0.2) is 42.5 Å². The van der Waals surface area contributed by atoms with Crippen molar-refractivity contribution in [3.63, 3.8) is 0 Å². The lowest BCUT2D eigenvalue weighted by Gasteiger charge is -1.97. The Bertz CT molecular complexity index is 391. The molecule has 0 fully saturated rings. The first-order chi connectivity index (χ1) is 6.79. The van der Waals surface area contributed by atoms with Gasteiger partial charge in [-0.25, -0.2) is 0 Å². The van der Waals surface area contributed by atoms with Gasteiger partial charge in [-0.1, -0.05) is 36.4 Å². The molecule has 2 heteroatoms. The Hall–Kier alpha value is -1.54. The van der Waals surface area contributed by atoms with Gasteiger partial charge in [-0.05, 0) is 18.4 Å². The van der Waals surface area contributed by atoms with Gasteiger partial charge in [0.2, 0.25) is 0 Å². The predicted molar refractivity (Wildman–Crippen MR) is 58.4 cm³/mol. The molecule has 0 heterocycles. The number of aliphatic hydroxyl groups excluding tert-OH is 1. The molecule has 2 N–H and O–H groups in total. The zero-order valence-electron chi connectivity index (χ0n) is 8.14. The Kier molecular flexibility index (Phi) is 3.95. The van der Waals surface area contributed by atoms with Gasteiger partial charge in [-0.2, -0.15) is 0 Å². The number of hydrogen-bond donors (Lipinski definition) is 2. The van der Waals surface area contributed by atoms with Crippen molar-refractivity contribution in [1.29, 1.82) is 0 Å². The molecule has 0 atom stereocenters. The van der Waals surface area contributed by atoms with E-state index in [1.165, 1.54) is 0 Å². The lowest BCUT2D eigenvalue weighted by molar-refractivity contribution is 0.318. The van der Waals surface area contributed by atoms with Crippen LogP contribution in [0.3, 0.4) is 0 Å². The first-order valence-corrected chi connectivity index (χ1v) is 4.57. The number of aromatic hydroxyl groups is 1. The Morgan fingerprint density at radius 3 is 2.21 bits per heavy atom. The highest BCUT2D eigenvalue weighted by atomic mass is 16.3. The second-order valence-corrected chi connectivity index (χ2v) is 2.81. The van der Waals surface area contributed by atoms with Gasteiger partial charge in [0.05, 0.1) is 0 Å². The molecule has 0 amide bonds. The van der Waals surface area contributed by atoms with Crippen LogP contribution in [0.2, 0.25) is 0 Å². The molecular formula is C12H14O2. The predicted octanol–water partition coefficient (Wildman–Crippen LogP) is 2.54. The molecule has 14 heavy (non-hydrogen) atoms. The quantitative estimate of drug-likeness (QED) is 0.670. The van der Waals surface area contributed by atoms with E-state index in [0.29, 0.717) is 5.75 Å². The molecule has 0 aliphatic rings. The molecule has 2 nitrogen and oxygen atoms in total. The van der Waals surface area contributed by atoms with Crippen molar-refractivity contribution < 1.29 is 10.2 Å². The number of phenols is 1. The Balaban J connectivity index is 0.000000293. The van der Waals surface area contributed by atoms with Crippen LogP contribution in [0, 0.1) is 0 Å². The van der Waals surface area contributed by atoms with Crippen molar-refractivity contribution in [3.05, 3.63) is 42.5 Å². The average molecular weight is 190 g/mol. The van der Waals surface area contributed by atoms with E-state index in [0.717, 1.165) is 10.8 Å². The number of benzene rings is 2. The maximum Gasteiger partial charge on any atom is 0.123 e. The van der Waals surface area contributed by atoms with Crippen LogP contribution in [0.5, 0.6) is 5.75 Å². The highest BCUT2D eigenvalue weighted by Crippen LogP contribution is 2.22. The smallest absolute Gasteiger partial charge is 0.123 e. The third-order valence-corrected chi connectivity index (χ3v) is 1.77. The van der Waals surface area contributed by atoms with Gasteiger partial charge in [0, 0.05) is 12.0 Å². The van der Waals surface area contributed by atoms with Gasteiger partial charge in [0.15, 0.2) is 0 Å². The maximum absolute atomic E-state index is 9.37. The highest BCUT2D eigenvalue weighted by molar-refractivity contribution is 5.87. The van der Waals surface area contributed by atoms with E-state index in [1.54, 1.807) is 13.0 Å². The van der Waals surface area contributed by atoms with Gasteiger partial charge >= 0.3 is 0 Å². The summed E-state index contributed by atoms with van der Waals surface area (Å²) in [5, 5.41) is 18.9. The van der Waals surface area contributed by atoms with Gasteiger partial charge in [0.25, 0.3) is 0 Å². The van der Waals surface area contributed by atoms with Crippen LogP contribution in [-0.2, 0) is 0 Å². The fraction of sp³-hybridized carbons (Fsp3) is 0.167. The van der Waals surface area contributed by atoms with E-state index >= 15 is 0 Å². The summed E-state index contributed by atoms with van der Waals surface area (Å²) < 4.78 is 0. The normalized spacial score (nSPS) is 9.29. The maximum atomic E-state index is 9.37. The SMILES string of the molecule is CCO.Oc1cccc2ccccc12. The average Bonchev–Trinajstić information content (AvgIpc) is 2.20. The second kappa shape index (κ2) is 5.25. The molecule has 2 rings (SSSR count). The largest absolute Gasteiger partial charge is 0.507 e. The molecule has 2 aromatic rings. The van der Waals surface area contributed by atoms with Crippen LogP contribution in [0.25, 0.3) is 10.8 Å². The summed E-state index contributed by atoms with van der Waals surface area (Å²) in [6.07, 6.45) is 0. The molecule has 74 valence electrons. The summed E-state index contributed by atoms with van der Waals surface area (Å²) in [6, 6.07) is 13.3. The standard InChI is InChI=1S/C10H8O.C2H6O/c11-10-7-3-5-8-4-1-2-6-9(8)10;1-2-3/h1-7,11H;3H,2H2,1H3. The summed E-state index contributed by atoms with van der Waals surface area (Å²) in [4.78, 5) is 0. The van der Waals surface area contributed by atoms with Crippen molar-refractivity contribution in [2.75, 3.05) is 6.61 Å². The molecular weight excluding hydrogens is 176 g/mol. The first-order valence-electron chi connectivity index (χ1n) is 4.57. The first kappa shape index (κ1) is 10.5. The zero-order chi connectivity index (χ0) is 10.4. The molecule has 2 aromatic carbocycles. The molecule has 0 aromatic heterocycles. The number of hydrogen-bond acceptors (Lipinski definition) is 2. The second-order valence-electron chi connectivity index (χ2n) is 2.81. The summed E-state index contributed by atoms with van der Waals surface area (Å²) in [6.45, 7) is 1.93. The lowest BCUT2D eigenvalue weighted by atomic mass is 10.1. The van der Waals surface area contributed by atoms with E-state index in [4.69, 9.17) is 5.11 Å². The van der Waals surface area contributed by atoms with Crippen LogP contribution in [-0.4, -0.2) is 16.8 Å². The minimum atomic E-state index is 0.250. The van der Waals surface area contributed by atoms with E-state index in [2.05, 4.69) is 0 Å². The number of fused-ring (bicyclic) bond motifs is 1. The van der Waals surface area contributed by atoms with Crippen molar-refractivity contribution in [2.45, 2.75) is 6.92 Å². The van der Waals surface area contributed by atoms with Crippen LogP contribution in [0.4, 0.5) is 0 Å². The van der Waals surface area contributed by atoms with E-state index in [-0.39, 0.29) is 6.61 Å². The molecule has 0 bridgehead atoms. The van der Waals surface area contributed by atoms with Gasteiger partial charge in [0.1, 0.15) is 5.75 Å². The zero-order valence-corrected chi connectivity index (χ0v) is 8.14.